The first kappa shape index (κ1) is 17.4. The van der Waals surface area contributed by atoms with Crippen molar-refractivity contribution >= 4 is 36.0 Å². The van der Waals surface area contributed by atoms with Crippen molar-refractivity contribution in [2.75, 3.05) is 13.1 Å². The molecular weight excluding hydrogens is 351 g/mol. The molecule has 0 unspecified atom stereocenters. The molecule has 4 nitrogen and oxygen atoms in total. The number of hydrogen-bond donors (Lipinski definition) is 2. The predicted octanol–water partition coefficient (Wildman–Crippen LogP) is 2.33. The zero-order valence-corrected chi connectivity index (χ0v) is 15.8. The highest BCUT2D eigenvalue weighted by Gasteiger charge is 2.18. The quantitative estimate of drug-likeness (QED) is 0.410. The van der Waals surface area contributed by atoms with Gasteiger partial charge in [0.05, 0.1) is 12.8 Å². The standard InChI is InChI=1S/C22H21N4P/c1-3-10-19(11-4-1)27(20-12-5-2-6-13-20)21-14-8-7-9-18(21)17-25-26-22-23-15-16-24-22/h1-14,17H,15-16H2,(H2,23,24,26)/b25-17-. The highest BCUT2D eigenvalue weighted by Crippen LogP contribution is 2.33. The van der Waals surface area contributed by atoms with Crippen molar-refractivity contribution in [3.8, 4) is 0 Å². The van der Waals surface area contributed by atoms with Crippen molar-refractivity contribution in [1.29, 1.82) is 0 Å². The number of guanidine groups is 1. The molecule has 1 aliphatic heterocycles. The molecule has 0 aliphatic carbocycles. The highest BCUT2D eigenvalue weighted by atomic mass is 31.1. The van der Waals surface area contributed by atoms with Gasteiger partial charge >= 0.3 is 0 Å². The molecule has 0 aromatic heterocycles. The fourth-order valence-electron chi connectivity index (χ4n) is 3.02. The minimum atomic E-state index is -0.658. The molecule has 5 heteroatoms. The van der Waals surface area contributed by atoms with E-state index in [0.29, 0.717) is 0 Å². The zero-order valence-electron chi connectivity index (χ0n) is 14.9. The van der Waals surface area contributed by atoms with Gasteiger partial charge in [0.2, 0.25) is 5.96 Å². The minimum Gasteiger partial charge on any atom is -0.353 e. The smallest absolute Gasteiger partial charge is 0.212 e. The van der Waals surface area contributed by atoms with Crippen LogP contribution < -0.4 is 26.7 Å². The van der Waals surface area contributed by atoms with E-state index in [9.17, 15) is 0 Å². The van der Waals surface area contributed by atoms with Crippen LogP contribution in [0.4, 0.5) is 0 Å². The van der Waals surface area contributed by atoms with Crippen LogP contribution in [0.25, 0.3) is 0 Å². The van der Waals surface area contributed by atoms with E-state index >= 15 is 0 Å². The summed E-state index contributed by atoms with van der Waals surface area (Å²) < 4.78 is 0. The van der Waals surface area contributed by atoms with E-state index in [4.69, 9.17) is 0 Å². The summed E-state index contributed by atoms with van der Waals surface area (Å²) >= 11 is 0. The van der Waals surface area contributed by atoms with Crippen molar-refractivity contribution in [2.24, 2.45) is 10.1 Å². The SMILES string of the molecule is C(=N/NC1=NCCN1)/c1ccccc1P(c1ccccc1)c1ccccc1. The molecule has 27 heavy (non-hydrogen) atoms. The van der Waals surface area contributed by atoms with Gasteiger partial charge in [0.1, 0.15) is 0 Å². The second-order valence-electron chi connectivity index (χ2n) is 6.09. The first-order valence-electron chi connectivity index (χ1n) is 8.98. The van der Waals surface area contributed by atoms with E-state index in [-0.39, 0.29) is 0 Å². The summed E-state index contributed by atoms with van der Waals surface area (Å²) in [7, 11) is -0.658. The van der Waals surface area contributed by atoms with Crippen molar-refractivity contribution in [2.45, 2.75) is 0 Å². The summed E-state index contributed by atoms with van der Waals surface area (Å²) in [5.41, 5.74) is 4.10. The van der Waals surface area contributed by atoms with Crippen LogP contribution >= 0.6 is 7.92 Å². The first-order chi connectivity index (χ1) is 13.4. The summed E-state index contributed by atoms with van der Waals surface area (Å²) in [6.45, 7) is 1.66. The molecule has 1 heterocycles. The van der Waals surface area contributed by atoms with Gasteiger partial charge in [-0.15, -0.1) is 0 Å². The van der Waals surface area contributed by atoms with Crippen molar-refractivity contribution in [3.05, 3.63) is 90.5 Å². The third-order valence-electron chi connectivity index (χ3n) is 4.25. The van der Waals surface area contributed by atoms with Gasteiger partial charge in [-0.05, 0) is 23.8 Å². The Morgan fingerprint density at radius 3 is 2.11 bits per heavy atom. The van der Waals surface area contributed by atoms with Crippen LogP contribution in [0.2, 0.25) is 0 Å². The topological polar surface area (TPSA) is 48.8 Å². The maximum Gasteiger partial charge on any atom is 0.212 e. The second kappa shape index (κ2) is 8.61. The molecule has 0 spiro atoms. The molecule has 0 fully saturated rings. The molecule has 1 aliphatic rings. The van der Waals surface area contributed by atoms with Gasteiger partial charge in [-0.3, -0.25) is 0 Å². The van der Waals surface area contributed by atoms with Gasteiger partial charge in [0, 0.05) is 12.1 Å². The molecule has 0 saturated carbocycles. The Morgan fingerprint density at radius 1 is 0.852 bits per heavy atom. The third kappa shape index (κ3) is 4.24. The lowest BCUT2D eigenvalue weighted by atomic mass is 10.2. The van der Waals surface area contributed by atoms with Crippen LogP contribution in [-0.4, -0.2) is 25.3 Å². The summed E-state index contributed by atoms with van der Waals surface area (Å²) in [4.78, 5) is 4.30. The van der Waals surface area contributed by atoms with Crippen LogP contribution in [0.3, 0.4) is 0 Å². The predicted molar refractivity (Wildman–Crippen MR) is 116 cm³/mol. The maximum absolute atomic E-state index is 4.40. The van der Waals surface area contributed by atoms with Crippen LogP contribution in [-0.2, 0) is 0 Å². The van der Waals surface area contributed by atoms with E-state index in [1.165, 1.54) is 15.9 Å². The fourth-order valence-corrected chi connectivity index (χ4v) is 5.44. The van der Waals surface area contributed by atoms with Gasteiger partial charge in [0.25, 0.3) is 0 Å². The largest absolute Gasteiger partial charge is 0.353 e. The lowest BCUT2D eigenvalue weighted by Crippen LogP contribution is -2.30. The Hall–Kier alpha value is -2.97. The summed E-state index contributed by atoms with van der Waals surface area (Å²) in [6, 6.07) is 29.9. The molecule has 0 bridgehead atoms. The first-order valence-corrected chi connectivity index (χ1v) is 10.3. The monoisotopic (exact) mass is 372 g/mol. The lowest BCUT2D eigenvalue weighted by Gasteiger charge is -2.21. The van der Waals surface area contributed by atoms with Gasteiger partial charge in [-0.2, -0.15) is 5.10 Å². The zero-order chi connectivity index (χ0) is 18.3. The van der Waals surface area contributed by atoms with Crippen molar-refractivity contribution in [3.63, 3.8) is 0 Å². The number of aliphatic imine (C=N–C) groups is 1. The van der Waals surface area contributed by atoms with E-state index in [1.807, 2.05) is 6.21 Å². The Labute approximate surface area is 160 Å². The average Bonchev–Trinajstić information content (AvgIpc) is 3.25. The Morgan fingerprint density at radius 2 is 1.48 bits per heavy atom. The fraction of sp³-hybridized carbons (Fsp3) is 0.0909. The minimum absolute atomic E-state index is 0.658. The molecule has 3 aromatic carbocycles. The molecular formula is C22H21N4P. The van der Waals surface area contributed by atoms with Gasteiger partial charge < -0.3 is 5.32 Å². The molecule has 134 valence electrons. The molecule has 0 saturated heterocycles. The second-order valence-corrected chi connectivity index (χ2v) is 8.28. The van der Waals surface area contributed by atoms with Crippen LogP contribution in [0.5, 0.6) is 0 Å². The van der Waals surface area contributed by atoms with Crippen LogP contribution in [0, 0.1) is 0 Å². The Bertz CT molecular complexity index is 899. The normalized spacial score (nSPS) is 13.6. The van der Waals surface area contributed by atoms with Gasteiger partial charge in [-0.1, -0.05) is 84.9 Å². The highest BCUT2D eigenvalue weighted by molar-refractivity contribution is 7.80. The number of rotatable bonds is 5. The van der Waals surface area contributed by atoms with E-state index in [1.54, 1.807) is 0 Å². The van der Waals surface area contributed by atoms with Crippen molar-refractivity contribution < 1.29 is 0 Å². The van der Waals surface area contributed by atoms with E-state index in [2.05, 4.69) is 106 Å². The number of hydrogen-bond acceptors (Lipinski definition) is 4. The van der Waals surface area contributed by atoms with Crippen molar-refractivity contribution in [1.82, 2.24) is 10.7 Å². The Kier molecular flexibility index (Phi) is 5.56. The molecule has 0 amide bonds. The average molecular weight is 372 g/mol. The number of nitrogens with one attached hydrogen (secondary N) is 2. The molecule has 4 rings (SSSR count). The maximum atomic E-state index is 4.40. The lowest BCUT2D eigenvalue weighted by molar-refractivity contribution is 0.920. The summed E-state index contributed by atoms with van der Waals surface area (Å²) in [6.07, 6.45) is 1.89. The number of hydrazone groups is 1. The molecule has 3 aromatic rings. The molecule has 0 radical (unpaired) electrons. The summed E-state index contributed by atoms with van der Waals surface area (Å²) in [5, 5.41) is 11.5. The summed E-state index contributed by atoms with van der Waals surface area (Å²) in [5.74, 6) is 0.733. The van der Waals surface area contributed by atoms with Crippen LogP contribution in [0.15, 0.2) is 95.0 Å². The van der Waals surface area contributed by atoms with Crippen LogP contribution in [0.1, 0.15) is 5.56 Å². The Balaban J connectivity index is 1.71. The van der Waals surface area contributed by atoms with Gasteiger partial charge in [0.15, 0.2) is 0 Å². The van der Waals surface area contributed by atoms with Gasteiger partial charge in [-0.25, -0.2) is 10.4 Å². The van der Waals surface area contributed by atoms with E-state index in [0.717, 1.165) is 24.6 Å². The number of nitrogens with zero attached hydrogens (tertiary/aromatic N) is 2. The molecule has 2 N–H and O–H groups in total. The number of benzene rings is 3. The van der Waals surface area contributed by atoms with E-state index < -0.39 is 7.92 Å². The third-order valence-corrected chi connectivity index (χ3v) is 6.77. The molecule has 0 atom stereocenters.